The molecule has 1 aromatic carbocycles. The predicted molar refractivity (Wildman–Crippen MR) is 54.2 cm³/mol. The highest BCUT2D eigenvalue weighted by atomic mass is 15.1. The molecule has 0 N–H and O–H groups in total. The quantitative estimate of drug-likeness (QED) is 0.657. The summed E-state index contributed by atoms with van der Waals surface area (Å²) in [4.78, 5) is 0. The lowest BCUT2D eigenvalue weighted by Gasteiger charge is -2.02. The minimum atomic E-state index is 0.919. The molecule has 1 heterocycles. The summed E-state index contributed by atoms with van der Waals surface area (Å²) in [5, 5.41) is 9.07. The fourth-order valence-corrected chi connectivity index (χ4v) is 1.35. The van der Waals surface area contributed by atoms with Crippen LogP contribution in [0.3, 0.4) is 0 Å². The maximum Gasteiger partial charge on any atom is 0.0935 e. The molecule has 0 amide bonds. The first kappa shape index (κ1) is 7.92. The molecule has 2 heteroatoms. The second kappa shape index (κ2) is 2.98. The summed E-state index contributed by atoms with van der Waals surface area (Å²) in [7, 11) is 0. The number of hydrogen-bond acceptors (Lipinski definition) is 2. The Morgan fingerprint density at radius 2 is 2.08 bits per heavy atom. The van der Waals surface area contributed by atoms with E-state index in [-0.39, 0.29) is 0 Å². The van der Waals surface area contributed by atoms with Gasteiger partial charge in [-0.1, -0.05) is 24.8 Å². The number of nitrogens with zero attached hydrogens (tertiary/aromatic N) is 2. The Morgan fingerprint density at radius 3 is 2.85 bits per heavy atom. The van der Waals surface area contributed by atoms with Crippen LogP contribution in [0.2, 0.25) is 0 Å². The Morgan fingerprint density at radius 1 is 1.31 bits per heavy atom. The van der Waals surface area contributed by atoms with Gasteiger partial charge in [-0.25, -0.2) is 0 Å². The van der Waals surface area contributed by atoms with Gasteiger partial charge in [0.1, 0.15) is 0 Å². The van der Waals surface area contributed by atoms with Crippen molar-refractivity contribution in [2.24, 2.45) is 0 Å². The SMILES string of the molecule is C=C(C)c1cnnc2ccccc12. The molecule has 64 valence electrons. The number of hydrogen-bond donors (Lipinski definition) is 0. The molecule has 0 spiro atoms. The molecule has 0 saturated heterocycles. The van der Waals surface area contributed by atoms with Crippen LogP contribution in [0.1, 0.15) is 12.5 Å². The number of fused-ring (bicyclic) bond motifs is 1. The summed E-state index contributed by atoms with van der Waals surface area (Å²) in [6.07, 6.45) is 1.75. The summed E-state index contributed by atoms with van der Waals surface area (Å²) in [6, 6.07) is 7.94. The number of benzene rings is 1. The van der Waals surface area contributed by atoms with Crippen molar-refractivity contribution in [1.82, 2.24) is 10.2 Å². The van der Waals surface area contributed by atoms with Crippen molar-refractivity contribution < 1.29 is 0 Å². The van der Waals surface area contributed by atoms with Gasteiger partial charge in [0.2, 0.25) is 0 Å². The normalized spacial score (nSPS) is 10.2. The number of rotatable bonds is 1. The van der Waals surface area contributed by atoms with Gasteiger partial charge in [-0.2, -0.15) is 10.2 Å². The molecular formula is C11H10N2. The van der Waals surface area contributed by atoms with Gasteiger partial charge in [-0.3, -0.25) is 0 Å². The molecule has 0 aliphatic rings. The van der Waals surface area contributed by atoms with Crippen molar-refractivity contribution in [1.29, 1.82) is 0 Å². The van der Waals surface area contributed by atoms with Crippen LogP contribution in [-0.4, -0.2) is 10.2 Å². The van der Waals surface area contributed by atoms with E-state index < -0.39 is 0 Å². The first-order valence-electron chi connectivity index (χ1n) is 4.15. The van der Waals surface area contributed by atoms with Crippen LogP contribution in [0.15, 0.2) is 37.0 Å². The standard InChI is InChI=1S/C11H10N2/c1-8(2)10-7-12-13-11-6-4-3-5-9(10)11/h3-7H,1H2,2H3. The van der Waals surface area contributed by atoms with Crippen molar-refractivity contribution >= 4 is 16.5 Å². The van der Waals surface area contributed by atoms with E-state index in [9.17, 15) is 0 Å². The summed E-state index contributed by atoms with van der Waals surface area (Å²) in [6.45, 7) is 5.88. The topological polar surface area (TPSA) is 25.8 Å². The Bertz CT molecular complexity index is 455. The van der Waals surface area contributed by atoms with E-state index in [0.717, 1.165) is 22.0 Å². The smallest absolute Gasteiger partial charge is 0.0935 e. The van der Waals surface area contributed by atoms with Crippen LogP contribution < -0.4 is 0 Å². The second-order valence-electron chi connectivity index (χ2n) is 3.06. The lowest BCUT2D eigenvalue weighted by molar-refractivity contribution is 1.07. The zero-order valence-electron chi connectivity index (χ0n) is 7.49. The van der Waals surface area contributed by atoms with E-state index in [0.29, 0.717) is 0 Å². The third kappa shape index (κ3) is 1.31. The fraction of sp³-hybridized carbons (Fsp3) is 0.0909. The fourth-order valence-electron chi connectivity index (χ4n) is 1.35. The monoisotopic (exact) mass is 170 g/mol. The highest BCUT2D eigenvalue weighted by molar-refractivity contribution is 5.89. The van der Waals surface area contributed by atoms with E-state index >= 15 is 0 Å². The Balaban J connectivity index is 2.83. The van der Waals surface area contributed by atoms with Crippen LogP contribution in [-0.2, 0) is 0 Å². The molecule has 0 aliphatic carbocycles. The molecule has 2 aromatic rings. The number of aromatic nitrogens is 2. The molecule has 13 heavy (non-hydrogen) atoms. The largest absolute Gasteiger partial charge is 0.158 e. The molecule has 0 saturated carbocycles. The maximum atomic E-state index is 4.03. The summed E-state index contributed by atoms with van der Waals surface area (Å²) in [5.74, 6) is 0. The lowest BCUT2D eigenvalue weighted by Crippen LogP contribution is -1.88. The minimum absolute atomic E-state index is 0.919. The van der Waals surface area contributed by atoms with Gasteiger partial charge in [0.05, 0.1) is 11.7 Å². The van der Waals surface area contributed by atoms with E-state index in [4.69, 9.17) is 0 Å². The zero-order valence-corrected chi connectivity index (χ0v) is 7.49. The van der Waals surface area contributed by atoms with Crippen molar-refractivity contribution in [2.45, 2.75) is 6.92 Å². The molecule has 0 radical (unpaired) electrons. The van der Waals surface area contributed by atoms with Gasteiger partial charge in [0, 0.05) is 10.9 Å². The highest BCUT2D eigenvalue weighted by Gasteiger charge is 2.01. The molecular weight excluding hydrogens is 160 g/mol. The molecule has 2 nitrogen and oxygen atoms in total. The average molecular weight is 170 g/mol. The second-order valence-corrected chi connectivity index (χ2v) is 3.06. The minimum Gasteiger partial charge on any atom is -0.158 e. The molecule has 0 bridgehead atoms. The highest BCUT2D eigenvalue weighted by Crippen LogP contribution is 2.20. The van der Waals surface area contributed by atoms with Gasteiger partial charge < -0.3 is 0 Å². The first-order valence-corrected chi connectivity index (χ1v) is 4.15. The van der Waals surface area contributed by atoms with Crippen molar-refractivity contribution in [2.75, 3.05) is 0 Å². The zero-order chi connectivity index (χ0) is 9.26. The van der Waals surface area contributed by atoms with Gasteiger partial charge in [-0.05, 0) is 18.6 Å². The number of allylic oxidation sites excluding steroid dienone is 1. The van der Waals surface area contributed by atoms with Crippen molar-refractivity contribution in [3.63, 3.8) is 0 Å². The van der Waals surface area contributed by atoms with E-state index in [1.165, 1.54) is 0 Å². The summed E-state index contributed by atoms with van der Waals surface area (Å²) >= 11 is 0. The van der Waals surface area contributed by atoms with E-state index in [1.807, 2.05) is 31.2 Å². The van der Waals surface area contributed by atoms with Gasteiger partial charge in [0.25, 0.3) is 0 Å². The third-order valence-electron chi connectivity index (χ3n) is 2.01. The molecule has 0 atom stereocenters. The Hall–Kier alpha value is -1.70. The van der Waals surface area contributed by atoms with Crippen LogP contribution in [0.4, 0.5) is 0 Å². The van der Waals surface area contributed by atoms with Gasteiger partial charge in [0.15, 0.2) is 0 Å². The third-order valence-corrected chi connectivity index (χ3v) is 2.01. The molecule has 0 aliphatic heterocycles. The predicted octanol–water partition coefficient (Wildman–Crippen LogP) is 2.66. The molecule has 2 rings (SSSR count). The summed E-state index contributed by atoms with van der Waals surface area (Å²) < 4.78 is 0. The van der Waals surface area contributed by atoms with E-state index in [2.05, 4.69) is 16.8 Å². The lowest BCUT2D eigenvalue weighted by atomic mass is 10.1. The van der Waals surface area contributed by atoms with Crippen LogP contribution in [0.25, 0.3) is 16.5 Å². The van der Waals surface area contributed by atoms with Crippen molar-refractivity contribution in [3.05, 3.63) is 42.6 Å². The summed E-state index contributed by atoms with van der Waals surface area (Å²) in [5.41, 5.74) is 3.01. The van der Waals surface area contributed by atoms with E-state index in [1.54, 1.807) is 6.20 Å². The molecule has 1 aromatic heterocycles. The Labute approximate surface area is 76.9 Å². The van der Waals surface area contributed by atoms with Gasteiger partial charge >= 0.3 is 0 Å². The first-order chi connectivity index (χ1) is 6.29. The van der Waals surface area contributed by atoms with Crippen LogP contribution >= 0.6 is 0 Å². The van der Waals surface area contributed by atoms with Crippen molar-refractivity contribution in [3.8, 4) is 0 Å². The average Bonchev–Trinajstić information content (AvgIpc) is 2.17. The van der Waals surface area contributed by atoms with Gasteiger partial charge in [-0.15, -0.1) is 0 Å². The van der Waals surface area contributed by atoms with Crippen LogP contribution in [0, 0.1) is 0 Å². The molecule has 0 fully saturated rings. The molecule has 0 unspecified atom stereocenters. The Kier molecular flexibility index (Phi) is 1.81. The maximum absolute atomic E-state index is 4.03. The van der Waals surface area contributed by atoms with Crippen LogP contribution in [0.5, 0.6) is 0 Å².